The van der Waals surface area contributed by atoms with E-state index in [1.165, 1.54) is 40.7 Å². The first-order chi connectivity index (χ1) is 15.3. The summed E-state index contributed by atoms with van der Waals surface area (Å²) in [7, 11) is -3.66. The van der Waals surface area contributed by atoms with Crippen molar-refractivity contribution in [2.45, 2.75) is 37.1 Å². The zero-order chi connectivity index (χ0) is 22.9. The second-order valence-corrected chi connectivity index (χ2v) is 9.60. The number of sulfonamides is 1. The molecule has 2 aliphatic heterocycles. The number of nitrogens with one attached hydrogen (secondary N) is 1. The Balaban J connectivity index is 1.55. The summed E-state index contributed by atoms with van der Waals surface area (Å²) >= 11 is 0. The van der Waals surface area contributed by atoms with Gasteiger partial charge in [0.1, 0.15) is 18.9 Å². The van der Waals surface area contributed by atoms with E-state index in [1.54, 1.807) is 0 Å². The molecule has 2 heterocycles. The van der Waals surface area contributed by atoms with Crippen molar-refractivity contribution in [3.63, 3.8) is 0 Å². The molecule has 0 aromatic heterocycles. The Bertz CT molecular complexity index is 1150. The van der Waals surface area contributed by atoms with Crippen molar-refractivity contribution in [3.05, 3.63) is 52.1 Å². The van der Waals surface area contributed by atoms with E-state index in [9.17, 15) is 23.3 Å². The molecule has 0 radical (unpaired) electrons. The van der Waals surface area contributed by atoms with Gasteiger partial charge in [0, 0.05) is 24.2 Å². The molecule has 1 amide bonds. The minimum atomic E-state index is -3.66. The Kier molecular flexibility index (Phi) is 6.02. The molecule has 0 bridgehead atoms. The van der Waals surface area contributed by atoms with Crippen LogP contribution in [0.15, 0.2) is 41.3 Å². The zero-order valence-electron chi connectivity index (χ0n) is 17.4. The molecule has 1 saturated heterocycles. The summed E-state index contributed by atoms with van der Waals surface area (Å²) in [5.74, 6) is -0.0724. The lowest BCUT2D eigenvalue weighted by molar-refractivity contribution is -0.384. The van der Waals surface area contributed by atoms with Gasteiger partial charge >= 0.3 is 0 Å². The molecule has 1 fully saturated rings. The van der Waals surface area contributed by atoms with Crippen molar-refractivity contribution in [1.29, 1.82) is 0 Å². The van der Waals surface area contributed by atoms with Gasteiger partial charge in [-0.3, -0.25) is 14.9 Å². The number of nitrogens with zero attached hydrogens (tertiary/aromatic N) is 2. The number of rotatable bonds is 5. The number of fused-ring (bicyclic) bond motifs is 1. The van der Waals surface area contributed by atoms with Crippen LogP contribution in [0.5, 0.6) is 11.5 Å². The molecule has 10 nitrogen and oxygen atoms in total. The molecule has 1 unspecified atom stereocenters. The van der Waals surface area contributed by atoms with Crippen LogP contribution < -0.4 is 14.8 Å². The summed E-state index contributed by atoms with van der Waals surface area (Å²) in [5.41, 5.74) is -0.205. The zero-order valence-corrected chi connectivity index (χ0v) is 18.3. The third-order valence-electron chi connectivity index (χ3n) is 5.57. The quantitative estimate of drug-likeness (QED) is 0.535. The molecule has 0 saturated carbocycles. The summed E-state index contributed by atoms with van der Waals surface area (Å²) in [4.78, 5) is 23.6. The van der Waals surface area contributed by atoms with Crippen molar-refractivity contribution < 1.29 is 27.6 Å². The monoisotopic (exact) mass is 461 g/mol. The summed E-state index contributed by atoms with van der Waals surface area (Å²) in [6, 6.07) is 8.02. The molecule has 170 valence electrons. The second kappa shape index (κ2) is 8.75. The summed E-state index contributed by atoms with van der Waals surface area (Å²) in [6.07, 6.45) is 2.63. The van der Waals surface area contributed by atoms with Crippen molar-refractivity contribution in [3.8, 4) is 11.5 Å². The standard InChI is InChI=1S/C21H23N3O7S/c1-14-4-2-3-9-23(14)32(28,29)16-7-5-15(6-8-16)21(25)22-17-12-19-20(31-11-10-30-19)13-18(17)24(26)27/h5-8,12-14H,2-4,9-11H2,1H3,(H,22,25). The third-order valence-corrected chi connectivity index (χ3v) is 7.60. The van der Waals surface area contributed by atoms with Crippen molar-refractivity contribution in [1.82, 2.24) is 4.31 Å². The van der Waals surface area contributed by atoms with Gasteiger partial charge in [0.05, 0.1) is 15.9 Å². The smallest absolute Gasteiger partial charge is 0.296 e. The number of ether oxygens (including phenoxy) is 2. The maximum Gasteiger partial charge on any atom is 0.296 e. The maximum absolute atomic E-state index is 13.0. The second-order valence-electron chi connectivity index (χ2n) is 7.71. The summed E-state index contributed by atoms with van der Waals surface area (Å²) < 4.78 is 38.2. The Hall–Kier alpha value is -3.18. The number of amides is 1. The number of hydrogen-bond donors (Lipinski definition) is 1. The first-order valence-corrected chi connectivity index (χ1v) is 11.7. The van der Waals surface area contributed by atoms with Gasteiger partial charge in [-0.05, 0) is 44.0 Å². The maximum atomic E-state index is 13.0. The molecule has 0 aliphatic carbocycles. The van der Waals surface area contributed by atoms with Crippen molar-refractivity contribution in [2.24, 2.45) is 0 Å². The average Bonchev–Trinajstić information content (AvgIpc) is 2.78. The average molecular weight is 461 g/mol. The topological polar surface area (TPSA) is 128 Å². The fourth-order valence-electron chi connectivity index (χ4n) is 3.87. The lowest BCUT2D eigenvalue weighted by Crippen LogP contribution is -2.41. The van der Waals surface area contributed by atoms with E-state index in [4.69, 9.17) is 9.47 Å². The number of hydrogen-bond acceptors (Lipinski definition) is 7. The molecule has 1 atom stereocenters. The van der Waals surface area contributed by atoms with Gasteiger partial charge in [-0.15, -0.1) is 0 Å². The number of anilines is 1. The predicted octanol–water partition coefficient (Wildman–Crippen LogP) is 3.18. The van der Waals surface area contributed by atoms with E-state index in [2.05, 4.69) is 5.32 Å². The Morgan fingerprint density at radius 2 is 1.78 bits per heavy atom. The molecule has 1 N–H and O–H groups in total. The summed E-state index contributed by atoms with van der Waals surface area (Å²) in [5, 5.41) is 14.0. The van der Waals surface area contributed by atoms with Crippen LogP contribution in [0.4, 0.5) is 11.4 Å². The van der Waals surface area contributed by atoms with Crippen molar-refractivity contribution >= 4 is 27.3 Å². The van der Waals surface area contributed by atoms with Gasteiger partial charge < -0.3 is 14.8 Å². The van der Waals surface area contributed by atoms with Crippen molar-refractivity contribution in [2.75, 3.05) is 25.1 Å². The highest BCUT2D eigenvalue weighted by molar-refractivity contribution is 7.89. The van der Waals surface area contributed by atoms with Gasteiger partial charge in [0.15, 0.2) is 11.5 Å². The highest BCUT2D eigenvalue weighted by atomic mass is 32.2. The van der Waals surface area contributed by atoms with Gasteiger partial charge in [0.25, 0.3) is 11.6 Å². The number of nitro benzene ring substituents is 1. The van der Waals surface area contributed by atoms with Crippen LogP contribution in [-0.2, 0) is 10.0 Å². The molecule has 0 spiro atoms. The van der Waals surface area contributed by atoms with Gasteiger partial charge in [-0.2, -0.15) is 4.31 Å². The number of benzene rings is 2. The molecule has 32 heavy (non-hydrogen) atoms. The molecule has 2 aliphatic rings. The fourth-order valence-corrected chi connectivity index (χ4v) is 5.57. The Labute approximate surface area is 185 Å². The van der Waals surface area contributed by atoms with E-state index in [1.807, 2.05) is 6.92 Å². The lowest BCUT2D eigenvalue weighted by atomic mass is 10.1. The Morgan fingerprint density at radius 1 is 1.12 bits per heavy atom. The van der Waals surface area contributed by atoms with Crippen LogP contribution in [0.1, 0.15) is 36.5 Å². The van der Waals surface area contributed by atoms with Gasteiger partial charge in [-0.1, -0.05) is 6.42 Å². The van der Waals surface area contributed by atoms with Gasteiger partial charge in [0.2, 0.25) is 10.0 Å². The first-order valence-electron chi connectivity index (χ1n) is 10.3. The van der Waals surface area contributed by atoms with Crippen LogP contribution in [0, 0.1) is 10.1 Å². The number of carbonyl (C=O) groups excluding carboxylic acids is 1. The van der Waals surface area contributed by atoms with Gasteiger partial charge in [-0.25, -0.2) is 8.42 Å². The SMILES string of the molecule is CC1CCCCN1S(=O)(=O)c1ccc(C(=O)Nc2cc3c(cc2[N+](=O)[O-])OCCO3)cc1. The summed E-state index contributed by atoms with van der Waals surface area (Å²) in [6.45, 7) is 2.93. The van der Waals surface area contributed by atoms with E-state index >= 15 is 0 Å². The molecule has 2 aromatic carbocycles. The highest BCUT2D eigenvalue weighted by Gasteiger charge is 2.31. The number of carbonyl (C=O) groups is 1. The lowest BCUT2D eigenvalue weighted by Gasteiger charge is -2.32. The van der Waals surface area contributed by atoms with E-state index in [0.717, 1.165) is 19.3 Å². The van der Waals surface area contributed by atoms with Crippen LogP contribution in [0.25, 0.3) is 0 Å². The highest BCUT2D eigenvalue weighted by Crippen LogP contribution is 2.39. The van der Waals surface area contributed by atoms with Crippen LogP contribution in [0.3, 0.4) is 0 Å². The minimum Gasteiger partial charge on any atom is -0.486 e. The van der Waals surface area contributed by atoms with Crippen LogP contribution >= 0.6 is 0 Å². The normalized spacial score (nSPS) is 18.7. The minimum absolute atomic E-state index is 0.0388. The van der Waals surface area contributed by atoms with Crippen LogP contribution in [0.2, 0.25) is 0 Å². The fraction of sp³-hybridized carbons (Fsp3) is 0.381. The van der Waals surface area contributed by atoms with E-state index in [0.29, 0.717) is 18.9 Å². The predicted molar refractivity (Wildman–Crippen MR) is 116 cm³/mol. The molecular formula is C21H23N3O7S. The molecular weight excluding hydrogens is 438 g/mol. The molecule has 11 heteroatoms. The number of nitro groups is 1. The molecule has 4 rings (SSSR count). The Morgan fingerprint density at radius 3 is 2.41 bits per heavy atom. The largest absolute Gasteiger partial charge is 0.486 e. The van der Waals surface area contributed by atoms with Crippen LogP contribution in [-0.4, -0.2) is 49.4 Å². The molecule has 2 aromatic rings. The van der Waals surface area contributed by atoms with E-state index < -0.39 is 20.9 Å². The number of piperidine rings is 1. The third kappa shape index (κ3) is 4.26. The first kappa shape index (κ1) is 22.0. The van der Waals surface area contributed by atoms with E-state index in [-0.39, 0.29) is 40.2 Å².